The maximum absolute atomic E-state index is 12.9. The number of anilines is 1. The molecule has 3 rings (SSSR count). The summed E-state index contributed by atoms with van der Waals surface area (Å²) in [4.78, 5) is 39.1. The predicted molar refractivity (Wildman–Crippen MR) is 96.0 cm³/mol. The van der Waals surface area contributed by atoms with E-state index >= 15 is 0 Å². The molecule has 1 N–H and O–H groups in total. The molecule has 25 heavy (non-hydrogen) atoms. The molecule has 1 aliphatic heterocycles. The van der Waals surface area contributed by atoms with E-state index in [1.54, 1.807) is 24.3 Å². The van der Waals surface area contributed by atoms with Gasteiger partial charge in [0.1, 0.15) is 0 Å². The zero-order chi connectivity index (χ0) is 18.4. The first-order valence-electron chi connectivity index (χ1n) is 8.58. The van der Waals surface area contributed by atoms with E-state index in [1.165, 1.54) is 4.90 Å². The number of nitrogens with zero attached hydrogens (tertiary/aromatic N) is 1. The minimum atomic E-state index is -0.537. The van der Waals surface area contributed by atoms with Gasteiger partial charge in [-0.1, -0.05) is 44.5 Å². The molecule has 2 unspecified atom stereocenters. The van der Waals surface area contributed by atoms with Crippen LogP contribution in [-0.2, 0) is 14.4 Å². The Morgan fingerprint density at radius 3 is 2.64 bits per heavy atom. The molecule has 2 aliphatic rings. The number of carbonyl (C=O) groups excluding carboxylic acids is 3. The Balaban J connectivity index is 1.68. The predicted octanol–water partition coefficient (Wildman–Crippen LogP) is 3.48. The van der Waals surface area contributed by atoms with Gasteiger partial charge in [0.2, 0.25) is 17.7 Å². The molecule has 5 nitrogen and oxygen atoms in total. The summed E-state index contributed by atoms with van der Waals surface area (Å²) in [5.41, 5.74) is -0.346. The molecule has 6 heteroatoms. The van der Waals surface area contributed by atoms with E-state index in [4.69, 9.17) is 11.6 Å². The van der Waals surface area contributed by atoms with Crippen molar-refractivity contribution in [3.8, 4) is 0 Å². The molecule has 2 bridgehead atoms. The molecule has 3 amide bonds. The van der Waals surface area contributed by atoms with Crippen LogP contribution < -0.4 is 5.32 Å². The number of piperidine rings is 1. The van der Waals surface area contributed by atoms with Crippen LogP contribution in [0.2, 0.25) is 5.02 Å². The van der Waals surface area contributed by atoms with Crippen molar-refractivity contribution in [1.29, 1.82) is 0 Å². The van der Waals surface area contributed by atoms with Crippen LogP contribution in [0.3, 0.4) is 0 Å². The van der Waals surface area contributed by atoms with Crippen molar-refractivity contribution in [2.45, 2.75) is 40.0 Å². The quantitative estimate of drug-likeness (QED) is 0.834. The summed E-state index contributed by atoms with van der Waals surface area (Å²) in [6, 6.07) is 6.96. The molecule has 2 atom stereocenters. The standard InChI is InChI=1S/C19H23ClN2O3/c1-18(2)12-8-10-19(18,3)17(25)22(16(12)24)11-9-15(23)21-14-7-5-4-6-13(14)20/h4-7,12H,8-11H2,1-3H3,(H,21,23). The molecule has 1 heterocycles. The van der Waals surface area contributed by atoms with Gasteiger partial charge in [0.25, 0.3) is 0 Å². The van der Waals surface area contributed by atoms with Crippen LogP contribution in [0.1, 0.15) is 40.0 Å². The molecule has 134 valence electrons. The number of nitrogens with one attached hydrogen (secondary N) is 1. The molecule has 1 saturated heterocycles. The van der Waals surface area contributed by atoms with Crippen LogP contribution in [-0.4, -0.2) is 29.2 Å². The van der Waals surface area contributed by atoms with Gasteiger partial charge in [-0.15, -0.1) is 0 Å². The van der Waals surface area contributed by atoms with Crippen molar-refractivity contribution < 1.29 is 14.4 Å². The summed E-state index contributed by atoms with van der Waals surface area (Å²) in [5, 5.41) is 3.18. The highest BCUT2D eigenvalue weighted by Gasteiger charge is 2.64. The van der Waals surface area contributed by atoms with E-state index in [0.717, 1.165) is 12.8 Å². The molecule has 1 aromatic rings. The van der Waals surface area contributed by atoms with E-state index in [1.807, 2.05) is 20.8 Å². The summed E-state index contributed by atoms with van der Waals surface area (Å²) in [6.45, 7) is 6.05. The second kappa shape index (κ2) is 6.13. The zero-order valence-corrected chi connectivity index (χ0v) is 15.5. The number of hydrogen-bond acceptors (Lipinski definition) is 3. The highest BCUT2D eigenvalue weighted by Crippen LogP contribution is 2.60. The van der Waals surface area contributed by atoms with Gasteiger partial charge in [-0.3, -0.25) is 19.3 Å². The average Bonchev–Trinajstić information content (AvgIpc) is 2.74. The van der Waals surface area contributed by atoms with E-state index in [9.17, 15) is 14.4 Å². The topological polar surface area (TPSA) is 66.5 Å². The molecular formula is C19H23ClN2O3. The van der Waals surface area contributed by atoms with Crippen LogP contribution in [0.15, 0.2) is 24.3 Å². The van der Waals surface area contributed by atoms with Gasteiger partial charge in [-0.05, 0) is 30.4 Å². The third-order valence-electron chi connectivity index (χ3n) is 6.22. The first-order valence-corrected chi connectivity index (χ1v) is 8.96. The Hall–Kier alpha value is -1.88. The summed E-state index contributed by atoms with van der Waals surface area (Å²) >= 11 is 6.03. The van der Waals surface area contributed by atoms with E-state index < -0.39 is 5.41 Å². The lowest BCUT2D eigenvalue weighted by Gasteiger charge is -2.47. The molecule has 0 spiro atoms. The Kier molecular flexibility index (Phi) is 4.40. The molecule has 0 radical (unpaired) electrons. The van der Waals surface area contributed by atoms with Crippen LogP contribution in [0.4, 0.5) is 5.69 Å². The number of carbonyl (C=O) groups is 3. The number of likely N-dealkylation sites (tertiary alicyclic amines) is 1. The smallest absolute Gasteiger partial charge is 0.235 e. The fourth-order valence-electron chi connectivity index (χ4n) is 4.10. The number of amides is 3. The largest absolute Gasteiger partial charge is 0.325 e. The lowest BCUT2D eigenvalue weighted by atomic mass is 9.62. The number of imide groups is 1. The van der Waals surface area contributed by atoms with Crippen molar-refractivity contribution in [1.82, 2.24) is 4.90 Å². The highest BCUT2D eigenvalue weighted by molar-refractivity contribution is 6.33. The van der Waals surface area contributed by atoms with Crippen molar-refractivity contribution >= 4 is 35.0 Å². The zero-order valence-electron chi connectivity index (χ0n) is 14.8. The maximum Gasteiger partial charge on any atom is 0.235 e. The fourth-order valence-corrected chi connectivity index (χ4v) is 4.28. The van der Waals surface area contributed by atoms with Crippen LogP contribution in [0.25, 0.3) is 0 Å². The minimum absolute atomic E-state index is 0.0614. The number of halogens is 1. The average molecular weight is 363 g/mol. The van der Waals surface area contributed by atoms with Gasteiger partial charge in [0.15, 0.2) is 0 Å². The van der Waals surface area contributed by atoms with Crippen molar-refractivity contribution in [2.24, 2.45) is 16.7 Å². The van der Waals surface area contributed by atoms with Crippen LogP contribution in [0.5, 0.6) is 0 Å². The molecule has 1 saturated carbocycles. The van der Waals surface area contributed by atoms with Gasteiger partial charge in [-0.25, -0.2) is 0 Å². The number of rotatable bonds is 4. The van der Waals surface area contributed by atoms with Gasteiger partial charge in [0, 0.05) is 18.9 Å². The summed E-state index contributed by atoms with van der Waals surface area (Å²) in [6.07, 6.45) is 1.51. The lowest BCUT2D eigenvalue weighted by Crippen LogP contribution is -2.59. The molecule has 2 fully saturated rings. The lowest BCUT2D eigenvalue weighted by molar-refractivity contribution is -0.167. The van der Waals surface area contributed by atoms with Gasteiger partial charge in [0.05, 0.1) is 16.1 Å². The number of fused-ring (bicyclic) bond motifs is 2. The Bertz CT molecular complexity index is 746. The third-order valence-corrected chi connectivity index (χ3v) is 6.55. The Labute approximate surface area is 152 Å². The SMILES string of the molecule is CC12CCC(C(=O)N(CCC(=O)Nc3ccccc3Cl)C1=O)C2(C)C. The van der Waals surface area contributed by atoms with Crippen molar-refractivity contribution in [3.63, 3.8) is 0 Å². The summed E-state index contributed by atoms with van der Waals surface area (Å²) < 4.78 is 0. The molecule has 1 aliphatic carbocycles. The Morgan fingerprint density at radius 2 is 1.96 bits per heavy atom. The van der Waals surface area contributed by atoms with Crippen molar-refractivity contribution in [2.75, 3.05) is 11.9 Å². The second-order valence-corrected chi connectivity index (χ2v) is 8.13. The second-order valence-electron chi connectivity index (χ2n) is 7.72. The van der Waals surface area contributed by atoms with Gasteiger partial charge >= 0.3 is 0 Å². The van der Waals surface area contributed by atoms with E-state index in [2.05, 4.69) is 5.32 Å². The number of benzene rings is 1. The minimum Gasteiger partial charge on any atom is -0.325 e. The maximum atomic E-state index is 12.9. The van der Waals surface area contributed by atoms with Gasteiger partial charge < -0.3 is 5.32 Å². The summed E-state index contributed by atoms with van der Waals surface area (Å²) in [5.74, 6) is -0.713. The Morgan fingerprint density at radius 1 is 1.28 bits per heavy atom. The van der Waals surface area contributed by atoms with Crippen molar-refractivity contribution in [3.05, 3.63) is 29.3 Å². The summed E-state index contributed by atoms with van der Waals surface area (Å²) in [7, 11) is 0. The molecule has 0 aromatic heterocycles. The fraction of sp³-hybridized carbons (Fsp3) is 0.526. The van der Waals surface area contributed by atoms with Crippen LogP contribution >= 0.6 is 11.6 Å². The van der Waals surface area contributed by atoms with Crippen LogP contribution in [0, 0.1) is 16.7 Å². The first-order chi connectivity index (χ1) is 11.7. The first kappa shape index (κ1) is 17.9. The number of para-hydroxylation sites is 1. The molecular weight excluding hydrogens is 340 g/mol. The monoisotopic (exact) mass is 362 g/mol. The normalized spacial score (nSPS) is 27.5. The van der Waals surface area contributed by atoms with E-state index in [0.29, 0.717) is 10.7 Å². The number of hydrogen-bond donors (Lipinski definition) is 1. The third kappa shape index (κ3) is 2.74. The van der Waals surface area contributed by atoms with E-state index in [-0.39, 0.29) is 42.0 Å². The highest BCUT2D eigenvalue weighted by atomic mass is 35.5. The van der Waals surface area contributed by atoms with Gasteiger partial charge in [-0.2, -0.15) is 0 Å². The molecule has 1 aromatic carbocycles.